The Morgan fingerprint density at radius 3 is 2.63 bits per heavy atom. The summed E-state index contributed by atoms with van der Waals surface area (Å²) in [6.45, 7) is 0. The van der Waals surface area contributed by atoms with E-state index in [4.69, 9.17) is 0 Å². The maximum Gasteiger partial charge on any atom is 0.229 e. The third-order valence-corrected chi connectivity index (χ3v) is 6.44. The molecule has 1 atom stereocenters. The molecule has 0 saturated heterocycles. The van der Waals surface area contributed by atoms with Gasteiger partial charge in [-0.3, -0.25) is 9.00 Å². The lowest BCUT2D eigenvalue weighted by Crippen LogP contribution is -2.18. The standard InChI is InChI=1S/C23H18FN3O2S/c24-17-8-10-18(11-9-17)27-23(20-13-30(29)14-21(20)26-27)25-22(28)12-16-6-3-5-15-4-1-2-7-19(15)16/h1-11H,12-14H2,(H,25,28). The van der Waals surface area contributed by atoms with Gasteiger partial charge in [-0.25, -0.2) is 9.07 Å². The third kappa shape index (κ3) is 3.41. The van der Waals surface area contributed by atoms with Crippen molar-refractivity contribution in [3.63, 3.8) is 0 Å². The summed E-state index contributed by atoms with van der Waals surface area (Å²) in [6, 6.07) is 19.7. The largest absolute Gasteiger partial charge is 0.310 e. The molecule has 0 fully saturated rings. The molecule has 1 amide bonds. The van der Waals surface area contributed by atoms with Gasteiger partial charge in [0.25, 0.3) is 0 Å². The molecule has 5 nitrogen and oxygen atoms in total. The van der Waals surface area contributed by atoms with Crippen molar-refractivity contribution >= 4 is 33.3 Å². The molecule has 0 bridgehead atoms. The van der Waals surface area contributed by atoms with E-state index < -0.39 is 10.8 Å². The summed E-state index contributed by atoms with van der Waals surface area (Å²) in [5, 5.41) is 9.62. The van der Waals surface area contributed by atoms with Crippen LogP contribution in [0.1, 0.15) is 16.8 Å². The molecule has 0 aliphatic carbocycles. The normalized spacial score (nSPS) is 15.3. The number of hydrogen-bond donors (Lipinski definition) is 1. The number of anilines is 1. The first-order valence-corrected chi connectivity index (χ1v) is 11.1. The van der Waals surface area contributed by atoms with Gasteiger partial charge in [0.1, 0.15) is 11.6 Å². The fraction of sp³-hybridized carbons (Fsp3) is 0.130. The zero-order valence-electron chi connectivity index (χ0n) is 16.0. The van der Waals surface area contributed by atoms with Crippen LogP contribution in [0.4, 0.5) is 10.2 Å². The van der Waals surface area contributed by atoms with Gasteiger partial charge in [-0.1, -0.05) is 42.5 Å². The molecule has 30 heavy (non-hydrogen) atoms. The van der Waals surface area contributed by atoms with Gasteiger partial charge in [0.05, 0.1) is 29.3 Å². The fourth-order valence-electron chi connectivity index (χ4n) is 3.82. The Morgan fingerprint density at radius 2 is 1.80 bits per heavy atom. The van der Waals surface area contributed by atoms with Crippen molar-refractivity contribution in [2.24, 2.45) is 0 Å². The molecule has 7 heteroatoms. The Morgan fingerprint density at radius 1 is 1.03 bits per heavy atom. The molecule has 150 valence electrons. The van der Waals surface area contributed by atoms with E-state index in [0.717, 1.165) is 21.9 Å². The van der Waals surface area contributed by atoms with E-state index in [1.807, 2.05) is 42.5 Å². The van der Waals surface area contributed by atoms with Crippen LogP contribution in [0, 0.1) is 5.82 Å². The number of amides is 1. The molecule has 1 aliphatic heterocycles. The number of aromatic nitrogens is 2. The molecule has 1 aromatic heterocycles. The number of benzene rings is 3. The van der Waals surface area contributed by atoms with Gasteiger partial charge >= 0.3 is 0 Å². The molecule has 3 aromatic carbocycles. The minimum Gasteiger partial charge on any atom is -0.310 e. The molecule has 0 radical (unpaired) electrons. The van der Waals surface area contributed by atoms with Crippen LogP contribution in [0.2, 0.25) is 0 Å². The molecular weight excluding hydrogens is 401 g/mol. The van der Waals surface area contributed by atoms with Crippen molar-refractivity contribution in [1.29, 1.82) is 0 Å². The first kappa shape index (κ1) is 18.7. The van der Waals surface area contributed by atoms with Gasteiger partial charge in [-0.05, 0) is 40.6 Å². The van der Waals surface area contributed by atoms with E-state index in [-0.39, 0.29) is 18.1 Å². The summed E-state index contributed by atoms with van der Waals surface area (Å²) >= 11 is 0. The quantitative estimate of drug-likeness (QED) is 0.542. The average molecular weight is 419 g/mol. The van der Waals surface area contributed by atoms with Gasteiger partial charge in [-0.2, -0.15) is 5.10 Å². The van der Waals surface area contributed by atoms with Crippen molar-refractivity contribution in [2.75, 3.05) is 5.32 Å². The van der Waals surface area contributed by atoms with Crippen molar-refractivity contribution in [2.45, 2.75) is 17.9 Å². The number of rotatable bonds is 4. The van der Waals surface area contributed by atoms with Gasteiger partial charge in [0.15, 0.2) is 0 Å². The smallest absolute Gasteiger partial charge is 0.229 e. The lowest BCUT2D eigenvalue weighted by Gasteiger charge is -2.12. The highest BCUT2D eigenvalue weighted by Crippen LogP contribution is 2.31. The zero-order valence-corrected chi connectivity index (χ0v) is 16.8. The van der Waals surface area contributed by atoms with E-state index >= 15 is 0 Å². The van der Waals surface area contributed by atoms with E-state index in [0.29, 0.717) is 28.7 Å². The van der Waals surface area contributed by atoms with Gasteiger partial charge in [-0.15, -0.1) is 0 Å². The van der Waals surface area contributed by atoms with Crippen LogP contribution >= 0.6 is 0 Å². The van der Waals surface area contributed by atoms with Crippen LogP contribution in [-0.4, -0.2) is 19.9 Å². The number of carbonyl (C=O) groups is 1. The first-order chi connectivity index (χ1) is 14.6. The first-order valence-electron chi connectivity index (χ1n) is 9.56. The van der Waals surface area contributed by atoms with Crippen molar-refractivity contribution < 1.29 is 13.4 Å². The third-order valence-electron chi connectivity index (χ3n) is 5.23. The maximum absolute atomic E-state index is 13.4. The van der Waals surface area contributed by atoms with Gasteiger partial charge in [0, 0.05) is 16.4 Å². The number of nitrogens with zero attached hydrogens (tertiary/aromatic N) is 2. The van der Waals surface area contributed by atoms with Crippen LogP contribution < -0.4 is 5.32 Å². The van der Waals surface area contributed by atoms with Gasteiger partial charge in [0.2, 0.25) is 5.91 Å². The summed E-state index contributed by atoms with van der Waals surface area (Å²) in [7, 11) is -1.03. The summed E-state index contributed by atoms with van der Waals surface area (Å²) < 4.78 is 27.0. The SMILES string of the molecule is O=C(Cc1cccc2ccccc12)Nc1c2c(nn1-c1ccc(F)cc1)CS(=O)C2. The van der Waals surface area contributed by atoms with Crippen LogP contribution in [0.15, 0.2) is 66.7 Å². The average Bonchev–Trinajstić information content (AvgIpc) is 3.26. The monoisotopic (exact) mass is 419 g/mol. The molecule has 5 rings (SSSR count). The summed E-state index contributed by atoms with van der Waals surface area (Å²) in [5.74, 6) is 0.680. The number of fused-ring (bicyclic) bond motifs is 2. The lowest BCUT2D eigenvalue weighted by molar-refractivity contribution is -0.115. The number of halogens is 1. The second-order valence-electron chi connectivity index (χ2n) is 7.25. The minimum absolute atomic E-state index is 0.185. The second-order valence-corrected chi connectivity index (χ2v) is 8.71. The zero-order chi connectivity index (χ0) is 20.7. The van der Waals surface area contributed by atoms with E-state index in [1.165, 1.54) is 12.1 Å². The highest BCUT2D eigenvalue weighted by molar-refractivity contribution is 7.83. The Balaban J connectivity index is 1.48. The number of nitrogens with one attached hydrogen (secondary N) is 1. The van der Waals surface area contributed by atoms with E-state index in [1.54, 1.807) is 16.8 Å². The molecule has 1 aliphatic rings. The Bertz CT molecular complexity index is 1290. The number of carbonyl (C=O) groups excluding carboxylic acids is 1. The van der Waals surface area contributed by atoms with E-state index in [2.05, 4.69) is 10.4 Å². The molecular formula is C23H18FN3O2S. The molecule has 0 spiro atoms. The van der Waals surface area contributed by atoms with Crippen LogP contribution in [0.5, 0.6) is 0 Å². The lowest BCUT2D eigenvalue weighted by atomic mass is 10.0. The van der Waals surface area contributed by atoms with Crippen LogP contribution in [0.25, 0.3) is 16.5 Å². The van der Waals surface area contributed by atoms with Crippen LogP contribution in [-0.2, 0) is 33.5 Å². The highest BCUT2D eigenvalue weighted by Gasteiger charge is 2.28. The van der Waals surface area contributed by atoms with E-state index in [9.17, 15) is 13.4 Å². The summed E-state index contributed by atoms with van der Waals surface area (Å²) in [5.41, 5.74) is 3.05. The van der Waals surface area contributed by atoms with Crippen LogP contribution in [0.3, 0.4) is 0 Å². The fourth-order valence-corrected chi connectivity index (χ4v) is 5.09. The molecule has 1 N–H and O–H groups in total. The predicted molar refractivity (Wildman–Crippen MR) is 115 cm³/mol. The highest BCUT2D eigenvalue weighted by atomic mass is 32.2. The molecule has 0 saturated carbocycles. The summed E-state index contributed by atoms with van der Waals surface area (Å²) in [4.78, 5) is 13.0. The molecule has 4 aromatic rings. The maximum atomic E-state index is 13.4. The molecule has 2 heterocycles. The topological polar surface area (TPSA) is 64.0 Å². The Labute approximate surface area is 175 Å². The summed E-state index contributed by atoms with van der Waals surface area (Å²) in [6.07, 6.45) is 0.202. The van der Waals surface area contributed by atoms with Crippen molar-refractivity contribution in [3.05, 3.63) is 89.4 Å². The second kappa shape index (κ2) is 7.50. The minimum atomic E-state index is -1.03. The van der Waals surface area contributed by atoms with Crippen molar-refractivity contribution in [1.82, 2.24) is 9.78 Å². The predicted octanol–water partition coefficient (Wildman–Crippen LogP) is 4.11. The Hall–Kier alpha value is -3.32. The van der Waals surface area contributed by atoms with Crippen molar-refractivity contribution in [3.8, 4) is 5.69 Å². The Kier molecular flexibility index (Phi) is 4.67. The molecule has 1 unspecified atom stereocenters. The number of hydrogen-bond acceptors (Lipinski definition) is 3. The van der Waals surface area contributed by atoms with Gasteiger partial charge < -0.3 is 5.32 Å².